The highest BCUT2D eigenvalue weighted by molar-refractivity contribution is 5.28. The van der Waals surface area contributed by atoms with Crippen molar-refractivity contribution in [2.24, 2.45) is 0 Å². The lowest BCUT2D eigenvalue weighted by molar-refractivity contribution is -0.274. The molecule has 21 heavy (non-hydrogen) atoms. The molecule has 3 nitrogen and oxygen atoms in total. The normalized spacial score (nSPS) is 27.6. The number of benzene rings is 1. The summed E-state index contributed by atoms with van der Waals surface area (Å²) in [4.78, 5) is 2.19. The fourth-order valence-electron chi connectivity index (χ4n) is 2.76. The molecule has 0 aliphatic carbocycles. The number of nitrogens with zero attached hydrogens (tertiary/aromatic N) is 1. The number of alkyl halides is 3. The molecule has 1 aliphatic rings. The molecule has 1 fully saturated rings. The van der Waals surface area contributed by atoms with Gasteiger partial charge in [0.15, 0.2) is 0 Å². The molecule has 1 aliphatic heterocycles. The Balaban J connectivity index is 2.00. The van der Waals surface area contributed by atoms with E-state index in [1.807, 2.05) is 7.05 Å². The van der Waals surface area contributed by atoms with E-state index in [9.17, 15) is 18.3 Å². The Labute approximate surface area is 122 Å². The molecule has 0 aromatic heterocycles. The van der Waals surface area contributed by atoms with Crippen LogP contribution in [-0.2, 0) is 6.42 Å². The maximum absolute atomic E-state index is 12.1. The number of hydrogen-bond donors (Lipinski definition) is 1. The lowest BCUT2D eigenvalue weighted by atomic mass is 9.82. The van der Waals surface area contributed by atoms with Gasteiger partial charge in [0.25, 0.3) is 0 Å². The van der Waals surface area contributed by atoms with Crippen molar-refractivity contribution >= 4 is 0 Å². The van der Waals surface area contributed by atoms with Crippen LogP contribution < -0.4 is 4.74 Å². The predicted molar refractivity (Wildman–Crippen MR) is 73.1 cm³/mol. The summed E-state index contributed by atoms with van der Waals surface area (Å²) in [5.41, 5.74) is 0.0157. The van der Waals surface area contributed by atoms with Crippen molar-refractivity contribution in [3.8, 4) is 5.75 Å². The first kappa shape index (κ1) is 16.1. The molecule has 6 heteroatoms. The Kier molecular flexibility index (Phi) is 4.49. The Hall–Kier alpha value is -1.27. The molecule has 1 heterocycles. The Morgan fingerprint density at radius 3 is 2.48 bits per heavy atom. The third-order valence-electron chi connectivity index (χ3n) is 4.05. The Morgan fingerprint density at radius 1 is 1.33 bits per heavy atom. The zero-order valence-corrected chi connectivity index (χ0v) is 12.2. The molecule has 2 unspecified atom stereocenters. The summed E-state index contributed by atoms with van der Waals surface area (Å²) in [5, 5.41) is 10.6. The average Bonchev–Trinajstić information content (AvgIpc) is 2.35. The minimum absolute atomic E-state index is 0.241. The topological polar surface area (TPSA) is 32.7 Å². The number of piperidine rings is 1. The summed E-state index contributed by atoms with van der Waals surface area (Å²) < 4.78 is 40.1. The summed E-state index contributed by atoms with van der Waals surface area (Å²) in [6.07, 6.45) is -2.92. The molecule has 0 amide bonds. The molecule has 1 saturated heterocycles. The van der Waals surface area contributed by atoms with E-state index in [4.69, 9.17) is 0 Å². The summed E-state index contributed by atoms with van der Waals surface area (Å²) in [6, 6.07) is 6.00. The van der Waals surface area contributed by atoms with Crippen LogP contribution in [0, 0.1) is 0 Å². The molecular formula is C15H20F3NO2. The van der Waals surface area contributed by atoms with Crippen molar-refractivity contribution in [1.29, 1.82) is 0 Å². The lowest BCUT2D eigenvalue weighted by Crippen LogP contribution is -2.48. The van der Waals surface area contributed by atoms with Gasteiger partial charge in [0, 0.05) is 19.0 Å². The van der Waals surface area contributed by atoms with E-state index in [1.165, 1.54) is 12.1 Å². The van der Waals surface area contributed by atoms with Crippen LogP contribution in [0.1, 0.15) is 25.3 Å². The van der Waals surface area contributed by atoms with Gasteiger partial charge in [-0.15, -0.1) is 13.2 Å². The smallest absolute Gasteiger partial charge is 0.406 e. The summed E-state index contributed by atoms with van der Waals surface area (Å²) >= 11 is 0. The fourth-order valence-corrected chi connectivity index (χ4v) is 2.76. The van der Waals surface area contributed by atoms with Gasteiger partial charge in [-0.1, -0.05) is 12.1 Å². The summed E-state index contributed by atoms with van der Waals surface area (Å²) in [5.74, 6) is -0.241. The maximum atomic E-state index is 12.1. The highest BCUT2D eigenvalue weighted by Gasteiger charge is 2.35. The monoisotopic (exact) mass is 303 g/mol. The number of hydrogen-bond acceptors (Lipinski definition) is 3. The van der Waals surface area contributed by atoms with Crippen molar-refractivity contribution in [3.05, 3.63) is 29.8 Å². The van der Waals surface area contributed by atoms with Crippen molar-refractivity contribution in [2.75, 3.05) is 13.6 Å². The number of ether oxygens (including phenoxy) is 1. The molecule has 0 saturated carbocycles. The number of aliphatic hydroxyl groups is 1. The third-order valence-corrected chi connectivity index (χ3v) is 4.05. The van der Waals surface area contributed by atoms with Crippen LogP contribution in [0.2, 0.25) is 0 Å². The van der Waals surface area contributed by atoms with E-state index in [1.54, 1.807) is 12.1 Å². The fraction of sp³-hybridized carbons (Fsp3) is 0.600. The van der Waals surface area contributed by atoms with E-state index >= 15 is 0 Å². The van der Waals surface area contributed by atoms with Crippen LogP contribution in [0.3, 0.4) is 0 Å². The first-order chi connectivity index (χ1) is 9.67. The standard InChI is InChI=1S/C15H20F3NO2/c1-11-9-14(20,7-8-19(11)2)10-12-3-5-13(6-4-12)21-15(16,17)18/h3-6,11,20H,7-10H2,1-2H3. The van der Waals surface area contributed by atoms with Crippen LogP contribution >= 0.6 is 0 Å². The van der Waals surface area contributed by atoms with E-state index in [0.29, 0.717) is 19.3 Å². The lowest BCUT2D eigenvalue weighted by Gasteiger charge is -2.41. The van der Waals surface area contributed by atoms with E-state index in [0.717, 1.165) is 12.1 Å². The number of likely N-dealkylation sites (tertiary alicyclic amines) is 1. The van der Waals surface area contributed by atoms with Gasteiger partial charge in [0.05, 0.1) is 5.60 Å². The molecular weight excluding hydrogens is 283 g/mol. The highest BCUT2D eigenvalue weighted by atomic mass is 19.4. The second-order valence-electron chi connectivity index (χ2n) is 5.88. The van der Waals surface area contributed by atoms with E-state index < -0.39 is 12.0 Å². The third kappa shape index (κ3) is 4.61. The van der Waals surface area contributed by atoms with Gasteiger partial charge in [0.2, 0.25) is 0 Å². The first-order valence-electron chi connectivity index (χ1n) is 6.94. The zero-order valence-electron chi connectivity index (χ0n) is 12.2. The van der Waals surface area contributed by atoms with Gasteiger partial charge in [-0.3, -0.25) is 0 Å². The van der Waals surface area contributed by atoms with Gasteiger partial charge < -0.3 is 14.7 Å². The molecule has 0 radical (unpaired) electrons. The van der Waals surface area contributed by atoms with Crippen molar-refractivity contribution < 1.29 is 23.0 Å². The van der Waals surface area contributed by atoms with Gasteiger partial charge in [0.1, 0.15) is 5.75 Å². The maximum Gasteiger partial charge on any atom is 0.573 e. The summed E-state index contributed by atoms with van der Waals surface area (Å²) in [6.45, 7) is 2.87. The molecule has 0 spiro atoms. The minimum atomic E-state index is -4.68. The molecule has 2 atom stereocenters. The molecule has 2 rings (SSSR count). The molecule has 1 N–H and O–H groups in total. The SMILES string of the molecule is CC1CC(O)(Cc2ccc(OC(F)(F)F)cc2)CCN1C. The molecule has 0 bridgehead atoms. The molecule has 1 aromatic rings. The van der Waals surface area contributed by atoms with Gasteiger partial charge >= 0.3 is 6.36 Å². The number of halogens is 3. The van der Waals surface area contributed by atoms with Gasteiger partial charge in [-0.25, -0.2) is 0 Å². The molecule has 118 valence electrons. The van der Waals surface area contributed by atoms with Gasteiger partial charge in [-0.05, 0) is 44.5 Å². The highest BCUT2D eigenvalue weighted by Crippen LogP contribution is 2.30. The van der Waals surface area contributed by atoms with Crippen LogP contribution in [0.5, 0.6) is 5.75 Å². The largest absolute Gasteiger partial charge is 0.573 e. The molecule has 1 aromatic carbocycles. The Bertz CT molecular complexity index is 475. The number of rotatable bonds is 3. The zero-order chi connectivity index (χ0) is 15.7. The summed E-state index contributed by atoms with van der Waals surface area (Å²) in [7, 11) is 2.02. The quantitative estimate of drug-likeness (QED) is 0.932. The van der Waals surface area contributed by atoms with E-state index in [-0.39, 0.29) is 11.8 Å². The second kappa shape index (κ2) is 5.85. The van der Waals surface area contributed by atoms with Crippen LogP contribution in [0.25, 0.3) is 0 Å². The van der Waals surface area contributed by atoms with Crippen LogP contribution in [0.4, 0.5) is 13.2 Å². The first-order valence-corrected chi connectivity index (χ1v) is 6.94. The van der Waals surface area contributed by atoms with Gasteiger partial charge in [-0.2, -0.15) is 0 Å². The predicted octanol–water partition coefficient (Wildman–Crippen LogP) is 2.97. The Morgan fingerprint density at radius 2 is 1.95 bits per heavy atom. The second-order valence-corrected chi connectivity index (χ2v) is 5.88. The van der Waals surface area contributed by atoms with Crippen LogP contribution in [0.15, 0.2) is 24.3 Å². The van der Waals surface area contributed by atoms with Crippen molar-refractivity contribution in [2.45, 2.75) is 44.2 Å². The van der Waals surface area contributed by atoms with Crippen molar-refractivity contribution in [1.82, 2.24) is 4.90 Å². The van der Waals surface area contributed by atoms with Crippen LogP contribution in [-0.4, -0.2) is 41.6 Å². The van der Waals surface area contributed by atoms with E-state index in [2.05, 4.69) is 16.6 Å². The van der Waals surface area contributed by atoms with Crippen molar-refractivity contribution in [3.63, 3.8) is 0 Å². The minimum Gasteiger partial charge on any atom is -0.406 e. The average molecular weight is 303 g/mol.